The topological polar surface area (TPSA) is 96.7 Å². The predicted molar refractivity (Wildman–Crippen MR) is 76.0 cm³/mol. The van der Waals surface area contributed by atoms with Crippen molar-refractivity contribution in [1.82, 2.24) is 15.2 Å². The van der Waals surface area contributed by atoms with E-state index in [9.17, 15) is 10.1 Å². The zero-order valence-corrected chi connectivity index (χ0v) is 11.6. The van der Waals surface area contributed by atoms with Crippen molar-refractivity contribution < 1.29 is 4.92 Å². The summed E-state index contributed by atoms with van der Waals surface area (Å²) in [5.41, 5.74) is 1.52. The maximum absolute atomic E-state index is 10.8. The van der Waals surface area contributed by atoms with Crippen LogP contribution in [-0.2, 0) is 6.42 Å². The Morgan fingerprint density at radius 1 is 1.50 bits per heavy atom. The third kappa shape index (κ3) is 3.45. The third-order valence-corrected chi connectivity index (χ3v) is 3.16. The summed E-state index contributed by atoms with van der Waals surface area (Å²) < 4.78 is 0. The van der Waals surface area contributed by atoms with E-state index in [0.29, 0.717) is 0 Å². The van der Waals surface area contributed by atoms with E-state index in [1.807, 2.05) is 6.92 Å². The van der Waals surface area contributed by atoms with E-state index >= 15 is 0 Å². The number of rotatable bonds is 6. The molecule has 0 unspecified atom stereocenters. The normalized spacial score (nSPS) is 10.5. The Morgan fingerprint density at radius 3 is 2.95 bits per heavy atom. The van der Waals surface area contributed by atoms with Crippen molar-refractivity contribution in [2.75, 3.05) is 11.9 Å². The number of nitrogens with one attached hydrogen (secondary N) is 2. The molecule has 2 N–H and O–H groups in total. The molecule has 0 aliphatic heterocycles. The van der Waals surface area contributed by atoms with Crippen molar-refractivity contribution >= 4 is 23.0 Å². The SMILES string of the molecule is Cc1cc([N+](=O)[O-])c(Cl)cc1NCCCc1ncn[nH]1. The fourth-order valence-corrected chi connectivity index (χ4v) is 2.06. The summed E-state index contributed by atoms with van der Waals surface area (Å²) in [6, 6.07) is 3.06. The minimum Gasteiger partial charge on any atom is -0.385 e. The second-order valence-electron chi connectivity index (χ2n) is 4.34. The summed E-state index contributed by atoms with van der Waals surface area (Å²) in [6.45, 7) is 2.53. The van der Waals surface area contributed by atoms with E-state index in [2.05, 4.69) is 20.5 Å². The van der Waals surface area contributed by atoms with E-state index in [-0.39, 0.29) is 10.7 Å². The molecule has 7 nitrogen and oxygen atoms in total. The number of H-pyrrole nitrogens is 1. The molecule has 2 aromatic rings. The van der Waals surface area contributed by atoms with Crippen LogP contribution in [0.4, 0.5) is 11.4 Å². The van der Waals surface area contributed by atoms with Crippen LogP contribution in [0.2, 0.25) is 5.02 Å². The van der Waals surface area contributed by atoms with Gasteiger partial charge in [0.2, 0.25) is 0 Å². The number of halogens is 1. The molecule has 0 aliphatic carbocycles. The molecule has 0 saturated heterocycles. The molecule has 0 radical (unpaired) electrons. The van der Waals surface area contributed by atoms with E-state index in [4.69, 9.17) is 11.6 Å². The highest BCUT2D eigenvalue weighted by Gasteiger charge is 2.14. The van der Waals surface area contributed by atoms with Gasteiger partial charge in [-0.2, -0.15) is 5.10 Å². The molecule has 0 aliphatic rings. The Bertz CT molecular complexity index is 600. The van der Waals surface area contributed by atoms with Gasteiger partial charge in [-0.25, -0.2) is 4.98 Å². The Hall–Kier alpha value is -2.15. The predicted octanol–water partition coefficient (Wildman–Crippen LogP) is 2.72. The van der Waals surface area contributed by atoms with Crippen LogP contribution in [0.25, 0.3) is 0 Å². The molecule has 0 atom stereocenters. The molecule has 2 rings (SSSR count). The number of benzene rings is 1. The second kappa shape index (κ2) is 6.33. The summed E-state index contributed by atoms with van der Waals surface area (Å²) in [7, 11) is 0. The molecule has 1 aromatic carbocycles. The van der Waals surface area contributed by atoms with Gasteiger partial charge in [0.25, 0.3) is 5.69 Å². The van der Waals surface area contributed by atoms with Crippen LogP contribution >= 0.6 is 11.6 Å². The number of anilines is 1. The van der Waals surface area contributed by atoms with Crippen LogP contribution in [0.1, 0.15) is 17.8 Å². The number of aromatic nitrogens is 3. The van der Waals surface area contributed by atoms with Crippen LogP contribution in [0.15, 0.2) is 18.5 Å². The Labute approximate surface area is 120 Å². The van der Waals surface area contributed by atoms with Crippen molar-refractivity contribution in [3.63, 3.8) is 0 Å². The summed E-state index contributed by atoms with van der Waals surface area (Å²) in [6.07, 6.45) is 3.12. The van der Waals surface area contributed by atoms with Crippen molar-refractivity contribution in [2.45, 2.75) is 19.8 Å². The zero-order chi connectivity index (χ0) is 14.5. The molecule has 0 fully saturated rings. The monoisotopic (exact) mass is 295 g/mol. The van der Waals surface area contributed by atoms with Gasteiger partial charge in [0.1, 0.15) is 17.2 Å². The fourth-order valence-electron chi connectivity index (χ4n) is 1.83. The first-order valence-electron chi connectivity index (χ1n) is 6.10. The van der Waals surface area contributed by atoms with Crippen molar-refractivity contribution in [1.29, 1.82) is 0 Å². The van der Waals surface area contributed by atoms with Crippen molar-refractivity contribution in [3.05, 3.63) is 45.0 Å². The lowest BCUT2D eigenvalue weighted by Crippen LogP contribution is -2.05. The summed E-state index contributed by atoms with van der Waals surface area (Å²) in [4.78, 5) is 14.3. The van der Waals surface area contributed by atoms with Gasteiger partial charge in [0.15, 0.2) is 0 Å². The first-order valence-corrected chi connectivity index (χ1v) is 6.48. The number of nitro groups is 1. The Kier molecular flexibility index (Phi) is 4.52. The molecule has 0 amide bonds. The Balaban J connectivity index is 1.92. The van der Waals surface area contributed by atoms with Crippen LogP contribution in [0.3, 0.4) is 0 Å². The molecule has 20 heavy (non-hydrogen) atoms. The molecular formula is C12H14ClN5O2. The van der Waals surface area contributed by atoms with Gasteiger partial charge in [-0.15, -0.1) is 0 Å². The molecule has 0 spiro atoms. The maximum Gasteiger partial charge on any atom is 0.288 e. The number of hydrogen-bond donors (Lipinski definition) is 2. The molecule has 1 aromatic heterocycles. The number of hydrogen-bond acceptors (Lipinski definition) is 5. The first-order chi connectivity index (χ1) is 9.58. The first kappa shape index (κ1) is 14.3. The van der Waals surface area contributed by atoms with Crippen LogP contribution < -0.4 is 5.32 Å². The van der Waals surface area contributed by atoms with Crippen molar-refractivity contribution in [2.24, 2.45) is 0 Å². The summed E-state index contributed by atoms with van der Waals surface area (Å²) >= 11 is 5.89. The number of nitrogens with zero attached hydrogens (tertiary/aromatic N) is 3. The van der Waals surface area contributed by atoms with Gasteiger partial charge < -0.3 is 5.32 Å². The molecule has 8 heteroatoms. The minimum absolute atomic E-state index is 0.0728. The maximum atomic E-state index is 10.8. The smallest absolute Gasteiger partial charge is 0.288 e. The largest absolute Gasteiger partial charge is 0.385 e. The molecule has 0 saturated carbocycles. The average molecular weight is 296 g/mol. The fraction of sp³-hybridized carbons (Fsp3) is 0.333. The van der Waals surface area contributed by atoms with Crippen LogP contribution in [0, 0.1) is 17.0 Å². The van der Waals surface area contributed by atoms with E-state index in [1.54, 1.807) is 6.07 Å². The lowest BCUT2D eigenvalue weighted by molar-refractivity contribution is -0.384. The van der Waals surface area contributed by atoms with Crippen LogP contribution in [0.5, 0.6) is 0 Å². The molecular weight excluding hydrogens is 282 g/mol. The second-order valence-corrected chi connectivity index (χ2v) is 4.75. The Morgan fingerprint density at radius 2 is 2.30 bits per heavy atom. The molecule has 1 heterocycles. The quantitative estimate of drug-likeness (QED) is 0.485. The van der Waals surface area contributed by atoms with E-state index in [0.717, 1.165) is 36.5 Å². The third-order valence-electron chi connectivity index (χ3n) is 2.86. The highest BCUT2D eigenvalue weighted by atomic mass is 35.5. The number of nitro benzene ring substituents is 1. The molecule has 106 valence electrons. The van der Waals surface area contributed by atoms with E-state index < -0.39 is 4.92 Å². The minimum atomic E-state index is -0.483. The van der Waals surface area contributed by atoms with Gasteiger partial charge in [-0.1, -0.05) is 11.6 Å². The summed E-state index contributed by atoms with van der Waals surface area (Å²) in [5.74, 6) is 0.838. The number of aryl methyl sites for hydroxylation is 2. The van der Waals surface area contributed by atoms with Gasteiger partial charge in [-0.3, -0.25) is 15.2 Å². The van der Waals surface area contributed by atoms with Crippen LogP contribution in [-0.4, -0.2) is 26.6 Å². The van der Waals surface area contributed by atoms with E-state index in [1.165, 1.54) is 12.4 Å². The average Bonchev–Trinajstić information content (AvgIpc) is 2.90. The van der Waals surface area contributed by atoms with Gasteiger partial charge in [-0.05, 0) is 25.0 Å². The highest BCUT2D eigenvalue weighted by molar-refractivity contribution is 6.33. The lowest BCUT2D eigenvalue weighted by Gasteiger charge is -2.09. The van der Waals surface area contributed by atoms with Crippen molar-refractivity contribution in [3.8, 4) is 0 Å². The summed E-state index contributed by atoms with van der Waals surface area (Å²) in [5, 5.41) is 20.7. The number of aromatic amines is 1. The highest BCUT2D eigenvalue weighted by Crippen LogP contribution is 2.30. The van der Waals surface area contributed by atoms with Gasteiger partial charge >= 0.3 is 0 Å². The standard InChI is InChI=1S/C12H14ClN5O2/c1-8-5-11(18(19)20)9(13)6-10(8)14-4-2-3-12-15-7-16-17-12/h5-7,14H,2-4H2,1H3,(H,15,16,17). The molecule has 0 bridgehead atoms. The van der Waals surface area contributed by atoms with Gasteiger partial charge in [0.05, 0.1) is 4.92 Å². The van der Waals surface area contributed by atoms with Gasteiger partial charge in [0, 0.05) is 24.7 Å². The zero-order valence-electron chi connectivity index (χ0n) is 10.9. The lowest BCUT2D eigenvalue weighted by atomic mass is 10.1.